The van der Waals surface area contributed by atoms with Crippen LogP contribution in [-0.4, -0.2) is 0 Å². The van der Waals surface area contributed by atoms with Gasteiger partial charge in [0, 0.05) is 9.75 Å². The highest BCUT2D eigenvalue weighted by Gasteiger charge is 2.14. The molecule has 14 heavy (non-hydrogen) atoms. The first-order valence-electron chi connectivity index (χ1n) is 4.86. The lowest BCUT2D eigenvalue weighted by Gasteiger charge is -1.94. The Kier molecular flexibility index (Phi) is 2.69. The molecule has 1 heterocycles. The van der Waals surface area contributed by atoms with Crippen LogP contribution >= 0.6 is 11.3 Å². The van der Waals surface area contributed by atoms with E-state index in [-0.39, 0.29) is 0 Å². The van der Waals surface area contributed by atoms with Crippen LogP contribution in [-0.2, 0) is 12.8 Å². The monoisotopic (exact) mass is 202 g/mol. The summed E-state index contributed by atoms with van der Waals surface area (Å²) in [4.78, 5) is 2.87. The van der Waals surface area contributed by atoms with Crippen molar-refractivity contribution in [2.24, 2.45) is 0 Å². The second kappa shape index (κ2) is 3.97. The van der Waals surface area contributed by atoms with Gasteiger partial charge in [-0.25, -0.2) is 0 Å². The van der Waals surface area contributed by atoms with Gasteiger partial charge in [-0.1, -0.05) is 17.7 Å². The Morgan fingerprint density at radius 1 is 1.29 bits per heavy atom. The number of thiophene rings is 1. The van der Waals surface area contributed by atoms with Crippen molar-refractivity contribution in [3.05, 3.63) is 52.3 Å². The Bertz CT molecular complexity index is 393. The zero-order chi connectivity index (χ0) is 9.97. The molecule has 0 spiro atoms. The van der Waals surface area contributed by atoms with E-state index in [2.05, 4.69) is 25.3 Å². The van der Waals surface area contributed by atoms with E-state index in [1.807, 2.05) is 23.5 Å². The first kappa shape index (κ1) is 9.47. The molecule has 0 atom stereocenters. The lowest BCUT2D eigenvalue weighted by atomic mass is 10.1. The van der Waals surface area contributed by atoms with Crippen molar-refractivity contribution < 1.29 is 0 Å². The van der Waals surface area contributed by atoms with Crippen LogP contribution in [0.2, 0.25) is 0 Å². The molecular formula is C13H14S. The van der Waals surface area contributed by atoms with Crippen LogP contribution in [0.4, 0.5) is 0 Å². The number of hydrogen-bond acceptors (Lipinski definition) is 1. The van der Waals surface area contributed by atoms with Gasteiger partial charge in [0.05, 0.1) is 0 Å². The van der Waals surface area contributed by atoms with Crippen molar-refractivity contribution in [2.45, 2.75) is 19.3 Å². The number of fused-ring (bicyclic) bond motifs is 1. The van der Waals surface area contributed by atoms with Gasteiger partial charge in [0.15, 0.2) is 0 Å². The third kappa shape index (κ3) is 1.73. The first-order chi connectivity index (χ1) is 6.83. The van der Waals surface area contributed by atoms with Crippen LogP contribution in [0.25, 0.3) is 6.08 Å². The zero-order valence-corrected chi connectivity index (χ0v) is 9.07. The van der Waals surface area contributed by atoms with Gasteiger partial charge in [-0.15, -0.1) is 24.5 Å². The molecule has 72 valence electrons. The molecule has 2 rings (SSSR count). The maximum Gasteiger partial charge on any atom is 0.0308 e. The summed E-state index contributed by atoms with van der Waals surface area (Å²) in [5.74, 6) is 0. The SMILES string of the molecule is C=CCC1=Cc2sc(CC=C)cc2C1. The second-order valence-electron chi connectivity index (χ2n) is 3.57. The Hall–Kier alpha value is -1.08. The average molecular weight is 202 g/mol. The van der Waals surface area contributed by atoms with Crippen molar-refractivity contribution in [2.75, 3.05) is 0 Å². The maximum atomic E-state index is 3.77. The molecule has 0 bridgehead atoms. The smallest absolute Gasteiger partial charge is 0.0308 e. The summed E-state index contributed by atoms with van der Waals surface area (Å²) < 4.78 is 0. The minimum absolute atomic E-state index is 1.00. The zero-order valence-electron chi connectivity index (χ0n) is 8.25. The van der Waals surface area contributed by atoms with Crippen LogP contribution in [0.3, 0.4) is 0 Å². The largest absolute Gasteiger partial charge is 0.140 e. The summed E-state index contributed by atoms with van der Waals surface area (Å²) in [6.07, 6.45) is 9.41. The molecular weight excluding hydrogens is 188 g/mol. The van der Waals surface area contributed by atoms with Gasteiger partial charge in [0.2, 0.25) is 0 Å². The van der Waals surface area contributed by atoms with Gasteiger partial charge in [0.25, 0.3) is 0 Å². The molecule has 0 radical (unpaired) electrons. The van der Waals surface area contributed by atoms with Gasteiger partial charge in [-0.3, -0.25) is 0 Å². The van der Waals surface area contributed by atoms with Crippen molar-refractivity contribution in [1.29, 1.82) is 0 Å². The molecule has 0 unspecified atom stereocenters. The van der Waals surface area contributed by atoms with E-state index in [1.54, 1.807) is 0 Å². The molecule has 0 N–H and O–H groups in total. The Labute approximate surface area is 89.3 Å². The quantitative estimate of drug-likeness (QED) is 0.648. The van der Waals surface area contributed by atoms with E-state index in [9.17, 15) is 0 Å². The highest BCUT2D eigenvalue weighted by atomic mass is 32.1. The summed E-state index contributed by atoms with van der Waals surface area (Å²) in [5.41, 5.74) is 2.98. The average Bonchev–Trinajstić information content (AvgIpc) is 2.62. The topological polar surface area (TPSA) is 0 Å². The summed E-state index contributed by atoms with van der Waals surface area (Å²) in [6.45, 7) is 7.53. The fraction of sp³-hybridized carbons (Fsp3) is 0.231. The Morgan fingerprint density at radius 2 is 2.07 bits per heavy atom. The summed E-state index contributed by atoms with van der Waals surface area (Å²) in [7, 11) is 0. The fourth-order valence-electron chi connectivity index (χ4n) is 1.80. The summed E-state index contributed by atoms with van der Waals surface area (Å²) >= 11 is 1.89. The number of hydrogen-bond donors (Lipinski definition) is 0. The third-order valence-electron chi connectivity index (χ3n) is 2.40. The molecule has 0 aliphatic heterocycles. The van der Waals surface area contributed by atoms with E-state index in [4.69, 9.17) is 0 Å². The molecule has 1 aliphatic rings. The lowest BCUT2D eigenvalue weighted by molar-refractivity contribution is 1.11. The standard InChI is InChI=1S/C13H14S/c1-3-5-10-7-11-9-12(6-4-2)14-13(11)8-10/h3-4,8-9H,1-2,5-7H2. The molecule has 1 aromatic rings. The van der Waals surface area contributed by atoms with E-state index < -0.39 is 0 Å². The van der Waals surface area contributed by atoms with Crippen molar-refractivity contribution in [1.82, 2.24) is 0 Å². The molecule has 1 aromatic heterocycles. The third-order valence-corrected chi connectivity index (χ3v) is 3.54. The highest BCUT2D eigenvalue weighted by molar-refractivity contribution is 7.13. The molecule has 0 saturated heterocycles. The minimum Gasteiger partial charge on any atom is -0.140 e. The van der Waals surface area contributed by atoms with Gasteiger partial charge in [-0.2, -0.15) is 0 Å². The van der Waals surface area contributed by atoms with Crippen molar-refractivity contribution >= 4 is 17.4 Å². The molecule has 1 aliphatic carbocycles. The van der Waals surface area contributed by atoms with Crippen LogP contribution in [0.15, 0.2) is 36.9 Å². The van der Waals surface area contributed by atoms with Gasteiger partial charge in [-0.05, 0) is 37.0 Å². The Morgan fingerprint density at radius 3 is 2.71 bits per heavy atom. The predicted molar refractivity (Wildman–Crippen MR) is 64.7 cm³/mol. The molecule has 1 heteroatoms. The van der Waals surface area contributed by atoms with Crippen LogP contribution in [0, 0.1) is 0 Å². The van der Waals surface area contributed by atoms with Gasteiger partial charge < -0.3 is 0 Å². The van der Waals surface area contributed by atoms with E-state index >= 15 is 0 Å². The maximum absolute atomic E-state index is 3.77. The van der Waals surface area contributed by atoms with Crippen LogP contribution < -0.4 is 0 Å². The van der Waals surface area contributed by atoms with E-state index in [0.29, 0.717) is 0 Å². The number of allylic oxidation sites excluding steroid dienone is 3. The van der Waals surface area contributed by atoms with Crippen LogP contribution in [0.5, 0.6) is 0 Å². The minimum atomic E-state index is 1.00. The van der Waals surface area contributed by atoms with E-state index in [0.717, 1.165) is 19.3 Å². The molecule has 0 amide bonds. The lowest BCUT2D eigenvalue weighted by Crippen LogP contribution is -1.81. The molecule has 0 saturated carbocycles. The molecule has 0 fully saturated rings. The fourth-order valence-corrected chi connectivity index (χ4v) is 2.98. The normalized spacial score (nSPS) is 13.6. The second-order valence-corrected chi connectivity index (χ2v) is 4.74. The predicted octanol–water partition coefficient (Wildman–Crippen LogP) is 3.99. The highest BCUT2D eigenvalue weighted by Crippen LogP contribution is 2.34. The van der Waals surface area contributed by atoms with Crippen LogP contribution in [0.1, 0.15) is 21.7 Å². The molecule has 0 aromatic carbocycles. The summed E-state index contributed by atoms with van der Waals surface area (Å²) in [6, 6.07) is 2.31. The number of rotatable bonds is 4. The van der Waals surface area contributed by atoms with Gasteiger partial charge in [0.1, 0.15) is 0 Å². The van der Waals surface area contributed by atoms with Gasteiger partial charge >= 0.3 is 0 Å². The Balaban J connectivity index is 2.18. The van der Waals surface area contributed by atoms with Crippen molar-refractivity contribution in [3.8, 4) is 0 Å². The summed E-state index contributed by atoms with van der Waals surface area (Å²) in [5, 5.41) is 0. The first-order valence-corrected chi connectivity index (χ1v) is 5.68. The van der Waals surface area contributed by atoms with Crippen molar-refractivity contribution in [3.63, 3.8) is 0 Å². The molecule has 0 nitrogen and oxygen atoms in total. The van der Waals surface area contributed by atoms with E-state index in [1.165, 1.54) is 20.9 Å².